The van der Waals surface area contributed by atoms with E-state index in [1.807, 2.05) is 89.1 Å². The second-order valence-corrected chi connectivity index (χ2v) is 36.9. The van der Waals surface area contributed by atoms with E-state index < -0.39 is 23.3 Å². The van der Waals surface area contributed by atoms with Crippen LogP contribution in [0.1, 0.15) is 224 Å². The summed E-state index contributed by atoms with van der Waals surface area (Å²) < 4.78 is 19.7. The Morgan fingerprint density at radius 1 is 0.475 bits per heavy atom. The molecule has 8 aliphatic heterocycles. The van der Waals surface area contributed by atoms with E-state index in [2.05, 4.69) is 168 Å². The third kappa shape index (κ3) is 16.3. The summed E-state index contributed by atoms with van der Waals surface area (Å²) in [6.07, 6.45) is 39.0. The molecule has 4 fully saturated rings. The molecule has 0 spiro atoms. The number of rotatable bonds is 19. The molecule has 2 aromatic carbocycles. The molecular weight excluding hydrogens is 1490 g/mol. The molecule has 0 radical (unpaired) electrons. The Kier molecular flexibility index (Phi) is 24.0. The van der Waals surface area contributed by atoms with Crippen molar-refractivity contribution in [2.24, 2.45) is 44.4 Å². The molecule has 120 heavy (non-hydrogen) atoms. The van der Waals surface area contributed by atoms with Gasteiger partial charge >= 0.3 is 11.9 Å². The number of ether oxygens (including phenoxy) is 2. The predicted octanol–water partition coefficient (Wildman–Crippen LogP) is 16.4. The summed E-state index contributed by atoms with van der Waals surface area (Å²) in [6.45, 7) is 25.9. The van der Waals surface area contributed by atoms with Crippen LogP contribution in [0.2, 0.25) is 0 Å². The summed E-state index contributed by atoms with van der Waals surface area (Å²) in [7, 11) is 6.65. The number of H-pyrrole nitrogens is 1. The molecule has 8 unspecified atom stereocenters. The highest BCUT2D eigenvalue weighted by atomic mass is 16.6. The lowest BCUT2D eigenvalue weighted by molar-refractivity contribution is -0.162. The van der Waals surface area contributed by atoms with Gasteiger partial charge in [0.05, 0.1) is 33.5 Å². The van der Waals surface area contributed by atoms with Crippen LogP contribution in [0.25, 0.3) is 43.6 Å². The number of esters is 2. The average molecular weight is 1610 g/mol. The molecular formula is C100H124N16O4. The number of nitrogens with zero attached hydrogens (tertiary/aromatic N) is 13. The molecule has 12 aromatic rings. The van der Waals surface area contributed by atoms with Crippen molar-refractivity contribution in [3.8, 4) is 0 Å². The molecule has 18 heterocycles. The van der Waals surface area contributed by atoms with Crippen molar-refractivity contribution in [3.05, 3.63) is 248 Å². The standard InChI is InChI=1S/C30H40N4O2.C29H38N4O2.C21H24N4.C20H22N4/c1-19(2)14-24(31)29(35)36-30(4,22-8-6-11-32-18-22)17-21-15-20(3)16-23-27-25(33(5)28(21)23)10-13-34-12-7-9-26(27)34;1-18(2)26(30)28(34)35-29(4,21-8-6-11-31-17-21)16-20-14-19(3)15-22-25-23(32(5)27(20)22)10-13-33-12-7-9-24(25)33;1-24-18-9-14-25-13-2-3-19(25)20(18)16-8-12-23-17(21(16)24)5-4-15-6-10-22-11-7-15;1-2-18-19-15-7-11-22-17(4-3-14-5-9-21-10-6-14)20(15)23-16(19)8-13-24(18)12-1/h6,8,11,15-16,18-19,24,26H,7,9-10,12-14,17,31H2,1-5H3;6,8,11,14-15,17-18,24,26H,7,9-10,12-13,16,30H2,1-5H3;6-8,10-12,19H,2-5,9,13-14H2,1H3;5-7,9-11,18,23H,1-4,8,12-13H2. The number of hydrogen-bond acceptors (Lipinski definition) is 16. The number of fused-ring (bicyclic) bond motifs is 20. The summed E-state index contributed by atoms with van der Waals surface area (Å²) in [5.41, 5.74) is 39.6. The van der Waals surface area contributed by atoms with Gasteiger partial charge in [-0.05, 0) is 254 Å². The molecule has 0 saturated carbocycles. The van der Waals surface area contributed by atoms with Gasteiger partial charge in [-0.1, -0.05) is 63.1 Å². The molecule has 0 bridgehead atoms. The van der Waals surface area contributed by atoms with E-state index in [0.29, 0.717) is 49.3 Å². The Labute approximate surface area is 708 Å². The monoisotopic (exact) mass is 1610 g/mol. The van der Waals surface area contributed by atoms with Crippen molar-refractivity contribution in [2.75, 3.05) is 52.4 Å². The van der Waals surface area contributed by atoms with Crippen molar-refractivity contribution < 1.29 is 19.1 Å². The molecule has 0 amide bonds. The smallest absolute Gasteiger partial charge is 0.324 e. The van der Waals surface area contributed by atoms with E-state index >= 15 is 0 Å². The molecule has 8 aliphatic rings. The number of aromatic amines is 1. The van der Waals surface area contributed by atoms with Crippen molar-refractivity contribution >= 4 is 55.6 Å². The van der Waals surface area contributed by atoms with Gasteiger partial charge in [-0.3, -0.25) is 59.1 Å². The van der Waals surface area contributed by atoms with Crippen LogP contribution in [-0.4, -0.2) is 145 Å². The van der Waals surface area contributed by atoms with Crippen LogP contribution in [0, 0.1) is 25.7 Å². The maximum absolute atomic E-state index is 13.2. The van der Waals surface area contributed by atoms with Crippen LogP contribution in [0.3, 0.4) is 0 Å². The normalized spacial score (nSPS) is 20.3. The molecule has 20 heteroatoms. The van der Waals surface area contributed by atoms with Gasteiger partial charge in [-0.2, -0.15) is 0 Å². The fourth-order valence-corrected chi connectivity index (χ4v) is 22.2. The van der Waals surface area contributed by atoms with Crippen LogP contribution >= 0.6 is 0 Å². The van der Waals surface area contributed by atoms with Gasteiger partial charge in [0.25, 0.3) is 0 Å². The summed E-state index contributed by atoms with van der Waals surface area (Å²) in [6, 6.07) is 30.8. The van der Waals surface area contributed by atoms with Gasteiger partial charge < -0.3 is 39.6 Å². The van der Waals surface area contributed by atoms with E-state index in [0.717, 1.165) is 69.2 Å². The van der Waals surface area contributed by atoms with Crippen molar-refractivity contribution in [1.29, 1.82) is 0 Å². The molecule has 628 valence electrons. The Bertz CT molecular complexity index is 5680. The summed E-state index contributed by atoms with van der Waals surface area (Å²) >= 11 is 0. The summed E-state index contributed by atoms with van der Waals surface area (Å²) in [5, 5.41) is 5.55. The van der Waals surface area contributed by atoms with Crippen LogP contribution in [0.5, 0.6) is 0 Å². The van der Waals surface area contributed by atoms with Gasteiger partial charge in [0.1, 0.15) is 23.3 Å². The molecule has 20 nitrogen and oxygen atoms in total. The average Bonchev–Trinajstić information content (AvgIpc) is 1.59. The second kappa shape index (κ2) is 35.0. The minimum absolute atomic E-state index is 0.000260. The number of nitrogens with two attached hydrogens (primary N) is 2. The molecule has 5 N–H and O–H groups in total. The van der Waals surface area contributed by atoms with E-state index in [9.17, 15) is 9.59 Å². The topological polar surface area (TPSA) is 226 Å². The van der Waals surface area contributed by atoms with Crippen LogP contribution in [0.15, 0.2) is 147 Å². The van der Waals surface area contributed by atoms with Gasteiger partial charge in [0.15, 0.2) is 0 Å². The predicted molar refractivity (Wildman–Crippen MR) is 477 cm³/mol. The van der Waals surface area contributed by atoms with Crippen LogP contribution in [0.4, 0.5) is 0 Å². The van der Waals surface area contributed by atoms with E-state index in [1.54, 1.807) is 35.9 Å². The third-order valence-corrected chi connectivity index (χ3v) is 28.0. The number of pyridine rings is 6. The minimum Gasteiger partial charge on any atom is -0.453 e. The molecule has 4 saturated heterocycles. The first-order valence-electron chi connectivity index (χ1n) is 44.8. The minimum atomic E-state index is -0.886. The number of aromatic nitrogens is 10. The maximum atomic E-state index is 13.2. The first-order valence-corrected chi connectivity index (χ1v) is 44.8. The summed E-state index contributed by atoms with van der Waals surface area (Å²) in [4.78, 5) is 66.9. The van der Waals surface area contributed by atoms with Gasteiger partial charge in [0.2, 0.25) is 0 Å². The number of benzene rings is 2. The lowest BCUT2D eigenvalue weighted by atomic mass is 9.87. The molecule has 0 aliphatic carbocycles. The lowest BCUT2D eigenvalue weighted by Crippen LogP contribution is -2.42. The fraction of sp³-hybridized carbons (Fsp3) is 0.480. The SMILES string of the molecule is Cc1cc(CC(C)(OC(=O)C(N)C(C)C)c2cccnc2)c2c(c1)c1c(n2C)CCN2CCCC12.Cc1cc(CC(C)(OC(=O)C(N)CC(C)C)c2cccnc2)c2c(c1)c1c(n2C)CCN2CCCC12.Cn1c2c(c3ccnc(CCc4ccncc4)c31)C1CCCN1CC2.c1cc(CCc2nccc3c4c([nH]c23)CCN2CCCC42)ccn1. The van der Waals surface area contributed by atoms with Crippen molar-refractivity contribution in [1.82, 2.24) is 68.2 Å². The molecule has 8 atom stereocenters. The molecule has 10 aromatic heterocycles. The number of carbonyl (C=O) groups is 2. The Morgan fingerprint density at radius 2 is 0.900 bits per heavy atom. The van der Waals surface area contributed by atoms with Crippen molar-refractivity contribution in [2.45, 2.75) is 225 Å². The number of aryl methyl sites for hydroxylation is 9. The van der Waals surface area contributed by atoms with Gasteiger partial charge in [-0.15, -0.1) is 0 Å². The largest absolute Gasteiger partial charge is 0.453 e. The Morgan fingerprint density at radius 3 is 1.36 bits per heavy atom. The first-order chi connectivity index (χ1) is 58.1. The zero-order chi connectivity index (χ0) is 83.3. The van der Waals surface area contributed by atoms with Gasteiger partial charge in [-0.25, -0.2) is 0 Å². The second-order valence-electron chi connectivity index (χ2n) is 36.9. The highest BCUT2D eigenvalue weighted by molar-refractivity contribution is 5.92. The Hall–Kier alpha value is -9.80. The number of hydrogen-bond donors (Lipinski definition) is 3. The van der Waals surface area contributed by atoms with Gasteiger partial charge in [0, 0.05) is 227 Å². The maximum Gasteiger partial charge on any atom is 0.324 e. The highest BCUT2D eigenvalue weighted by Gasteiger charge is 2.43. The first kappa shape index (κ1) is 82.5. The zero-order valence-corrected chi connectivity index (χ0v) is 72.7. The molecule has 20 rings (SSSR count). The van der Waals surface area contributed by atoms with E-state index in [-0.39, 0.29) is 17.9 Å². The lowest BCUT2D eigenvalue weighted by Gasteiger charge is -2.32. The van der Waals surface area contributed by atoms with Crippen LogP contribution in [-0.2, 0) is 116 Å². The fourth-order valence-electron chi connectivity index (χ4n) is 22.2. The van der Waals surface area contributed by atoms with E-state index in [4.69, 9.17) is 30.9 Å². The number of nitrogens with one attached hydrogen (secondary N) is 1. The number of carbonyl (C=O) groups excluding carboxylic acids is 2. The highest BCUT2D eigenvalue weighted by Crippen LogP contribution is 2.49. The van der Waals surface area contributed by atoms with Crippen molar-refractivity contribution in [3.63, 3.8) is 0 Å². The van der Waals surface area contributed by atoms with E-state index in [1.165, 1.54) is 219 Å². The zero-order valence-electron chi connectivity index (χ0n) is 72.7. The summed E-state index contributed by atoms with van der Waals surface area (Å²) in [5.74, 6) is -0.409. The Balaban J connectivity index is 0.000000116. The van der Waals surface area contributed by atoms with Crippen LogP contribution < -0.4 is 11.5 Å². The third-order valence-electron chi connectivity index (χ3n) is 28.0. The quantitative estimate of drug-likeness (QED) is 0.0640.